The number of carbonyl (C=O) groups is 1. The van der Waals surface area contributed by atoms with E-state index in [1.807, 2.05) is 24.3 Å². The molecule has 0 saturated carbocycles. The van der Waals surface area contributed by atoms with E-state index in [1.165, 1.54) is 11.3 Å². The second kappa shape index (κ2) is 8.11. The van der Waals surface area contributed by atoms with Crippen LogP contribution in [0.4, 0.5) is 0 Å². The Labute approximate surface area is 141 Å². The second-order valence-electron chi connectivity index (χ2n) is 6.37. The summed E-state index contributed by atoms with van der Waals surface area (Å²) in [6.45, 7) is 9.74. The normalized spacial score (nSPS) is 11.0. The number of carbonyl (C=O) groups excluding carboxylic acids is 1. The van der Waals surface area contributed by atoms with Gasteiger partial charge in [0.2, 0.25) is 0 Å². The Morgan fingerprint density at radius 3 is 2.48 bits per heavy atom. The molecule has 0 aliphatic carbocycles. The molecule has 0 aliphatic rings. The van der Waals surface area contributed by atoms with Crippen molar-refractivity contribution in [3.05, 3.63) is 35.3 Å². The van der Waals surface area contributed by atoms with E-state index < -0.39 is 0 Å². The largest absolute Gasteiger partial charge is 0.493 e. The van der Waals surface area contributed by atoms with Crippen molar-refractivity contribution in [3.8, 4) is 16.3 Å². The Balaban J connectivity index is 2.01. The second-order valence-corrected chi connectivity index (χ2v) is 7.23. The predicted molar refractivity (Wildman–Crippen MR) is 95.1 cm³/mol. The molecular formula is C18H24N2O2S. The molecule has 0 bridgehead atoms. The number of amides is 1. The van der Waals surface area contributed by atoms with E-state index in [-0.39, 0.29) is 5.91 Å². The molecule has 0 saturated heterocycles. The van der Waals surface area contributed by atoms with Crippen LogP contribution in [0.15, 0.2) is 29.6 Å². The number of hydrogen-bond donors (Lipinski definition) is 1. The fourth-order valence-corrected chi connectivity index (χ4v) is 2.66. The molecule has 5 heteroatoms. The fourth-order valence-electron chi connectivity index (χ4n) is 1.85. The van der Waals surface area contributed by atoms with Crippen molar-refractivity contribution in [2.45, 2.75) is 27.7 Å². The topological polar surface area (TPSA) is 51.2 Å². The van der Waals surface area contributed by atoms with Crippen molar-refractivity contribution in [2.24, 2.45) is 11.8 Å². The number of ether oxygens (including phenoxy) is 1. The number of nitrogens with one attached hydrogen (secondary N) is 1. The number of hydrogen-bond acceptors (Lipinski definition) is 4. The van der Waals surface area contributed by atoms with Gasteiger partial charge in [-0.2, -0.15) is 0 Å². The van der Waals surface area contributed by atoms with Gasteiger partial charge in [-0.05, 0) is 36.1 Å². The molecule has 0 aliphatic heterocycles. The molecule has 0 radical (unpaired) electrons. The van der Waals surface area contributed by atoms with Crippen LogP contribution >= 0.6 is 11.3 Å². The van der Waals surface area contributed by atoms with Crippen molar-refractivity contribution in [1.82, 2.24) is 10.3 Å². The van der Waals surface area contributed by atoms with E-state index in [1.54, 1.807) is 5.38 Å². The smallest absolute Gasteiger partial charge is 0.270 e. The molecule has 4 nitrogen and oxygen atoms in total. The van der Waals surface area contributed by atoms with Crippen LogP contribution in [0.25, 0.3) is 10.6 Å². The highest BCUT2D eigenvalue weighted by Gasteiger charge is 2.12. The van der Waals surface area contributed by atoms with E-state index >= 15 is 0 Å². The molecule has 2 rings (SSSR count). The van der Waals surface area contributed by atoms with Gasteiger partial charge in [0.15, 0.2) is 0 Å². The minimum absolute atomic E-state index is 0.113. The Hall–Kier alpha value is -1.88. The molecule has 1 N–H and O–H groups in total. The molecule has 0 unspecified atom stereocenters. The molecule has 2 aromatic rings. The van der Waals surface area contributed by atoms with Gasteiger partial charge in [-0.3, -0.25) is 4.79 Å². The average Bonchev–Trinajstić information content (AvgIpc) is 3.01. The van der Waals surface area contributed by atoms with E-state index in [0.29, 0.717) is 30.7 Å². The van der Waals surface area contributed by atoms with E-state index in [4.69, 9.17) is 4.74 Å². The van der Waals surface area contributed by atoms with Crippen LogP contribution < -0.4 is 10.1 Å². The standard InChI is InChI=1S/C18H24N2O2S/c1-12(2)9-19-17(21)16-11-23-18(20-16)14-5-7-15(8-6-14)22-10-13(3)4/h5-8,11-13H,9-10H2,1-4H3,(H,19,21). The number of nitrogens with zero attached hydrogens (tertiary/aromatic N) is 1. The van der Waals surface area contributed by atoms with Crippen molar-refractivity contribution < 1.29 is 9.53 Å². The monoisotopic (exact) mass is 332 g/mol. The van der Waals surface area contributed by atoms with Crippen molar-refractivity contribution in [3.63, 3.8) is 0 Å². The highest BCUT2D eigenvalue weighted by molar-refractivity contribution is 7.13. The SMILES string of the molecule is CC(C)CNC(=O)c1csc(-c2ccc(OCC(C)C)cc2)n1. The summed E-state index contributed by atoms with van der Waals surface area (Å²) in [6.07, 6.45) is 0. The zero-order valence-electron chi connectivity index (χ0n) is 14.1. The van der Waals surface area contributed by atoms with Gasteiger partial charge in [0.05, 0.1) is 6.61 Å². The highest BCUT2D eigenvalue weighted by Crippen LogP contribution is 2.26. The highest BCUT2D eigenvalue weighted by atomic mass is 32.1. The summed E-state index contributed by atoms with van der Waals surface area (Å²) in [7, 11) is 0. The first kappa shape index (κ1) is 17.5. The van der Waals surface area contributed by atoms with Gasteiger partial charge >= 0.3 is 0 Å². The van der Waals surface area contributed by atoms with Gasteiger partial charge in [-0.25, -0.2) is 4.98 Å². The third kappa shape index (κ3) is 5.36. The summed E-state index contributed by atoms with van der Waals surface area (Å²) in [6, 6.07) is 7.84. The maximum Gasteiger partial charge on any atom is 0.270 e. The Morgan fingerprint density at radius 1 is 1.17 bits per heavy atom. The quantitative estimate of drug-likeness (QED) is 0.825. The van der Waals surface area contributed by atoms with Gasteiger partial charge < -0.3 is 10.1 Å². The number of aromatic nitrogens is 1. The van der Waals surface area contributed by atoms with E-state index in [0.717, 1.165) is 16.3 Å². The maximum atomic E-state index is 12.0. The number of rotatable bonds is 7. The fraction of sp³-hybridized carbons (Fsp3) is 0.444. The molecule has 1 heterocycles. The van der Waals surface area contributed by atoms with Crippen LogP contribution in [0, 0.1) is 11.8 Å². The number of thiazole rings is 1. The zero-order chi connectivity index (χ0) is 16.8. The zero-order valence-corrected chi connectivity index (χ0v) is 14.9. The van der Waals surface area contributed by atoms with Crippen LogP contribution in [0.3, 0.4) is 0 Å². The molecule has 1 aromatic carbocycles. The Kier molecular flexibility index (Phi) is 6.16. The van der Waals surface area contributed by atoms with Crippen LogP contribution in [-0.4, -0.2) is 24.0 Å². The molecular weight excluding hydrogens is 308 g/mol. The van der Waals surface area contributed by atoms with Gasteiger partial charge in [0.1, 0.15) is 16.5 Å². The molecule has 1 aromatic heterocycles. The summed E-state index contributed by atoms with van der Waals surface area (Å²) >= 11 is 1.48. The molecule has 23 heavy (non-hydrogen) atoms. The van der Waals surface area contributed by atoms with Crippen LogP contribution in [0.2, 0.25) is 0 Å². The lowest BCUT2D eigenvalue weighted by Gasteiger charge is -2.08. The van der Waals surface area contributed by atoms with Crippen molar-refractivity contribution in [2.75, 3.05) is 13.2 Å². The van der Waals surface area contributed by atoms with Crippen LogP contribution in [0.5, 0.6) is 5.75 Å². The summed E-state index contributed by atoms with van der Waals surface area (Å²) in [5, 5.41) is 5.53. The van der Waals surface area contributed by atoms with Gasteiger partial charge in [0, 0.05) is 17.5 Å². The Bertz CT molecular complexity index is 633. The van der Waals surface area contributed by atoms with Crippen molar-refractivity contribution in [1.29, 1.82) is 0 Å². The van der Waals surface area contributed by atoms with Gasteiger partial charge in [0.25, 0.3) is 5.91 Å². The molecule has 1 amide bonds. The van der Waals surface area contributed by atoms with E-state index in [9.17, 15) is 4.79 Å². The first-order chi connectivity index (χ1) is 11.0. The first-order valence-corrected chi connectivity index (χ1v) is 8.80. The lowest BCUT2D eigenvalue weighted by Crippen LogP contribution is -2.27. The van der Waals surface area contributed by atoms with Crippen LogP contribution in [-0.2, 0) is 0 Å². The van der Waals surface area contributed by atoms with Gasteiger partial charge in [-0.15, -0.1) is 11.3 Å². The minimum Gasteiger partial charge on any atom is -0.493 e. The minimum atomic E-state index is -0.113. The third-order valence-corrected chi connectivity index (χ3v) is 3.98. The third-order valence-electron chi connectivity index (χ3n) is 3.09. The molecule has 124 valence electrons. The summed E-state index contributed by atoms with van der Waals surface area (Å²) in [5.74, 6) is 1.67. The average molecular weight is 332 g/mol. The molecule has 0 atom stereocenters. The molecule has 0 spiro atoms. The number of benzene rings is 1. The summed E-state index contributed by atoms with van der Waals surface area (Å²) in [5.41, 5.74) is 1.47. The Morgan fingerprint density at radius 2 is 1.87 bits per heavy atom. The maximum absolute atomic E-state index is 12.0. The first-order valence-electron chi connectivity index (χ1n) is 7.92. The van der Waals surface area contributed by atoms with E-state index in [2.05, 4.69) is 38.0 Å². The van der Waals surface area contributed by atoms with Crippen molar-refractivity contribution >= 4 is 17.2 Å². The molecule has 0 fully saturated rings. The van der Waals surface area contributed by atoms with Crippen LogP contribution in [0.1, 0.15) is 38.2 Å². The summed E-state index contributed by atoms with van der Waals surface area (Å²) in [4.78, 5) is 16.4. The lowest BCUT2D eigenvalue weighted by molar-refractivity contribution is 0.0945. The summed E-state index contributed by atoms with van der Waals surface area (Å²) < 4.78 is 5.67. The predicted octanol–water partition coefficient (Wildman–Crippen LogP) is 4.23. The lowest BCUT2D eigenvalue weighted by atomic mass is 10.2. The van der Waals surface area contributed by atoms with Gasteiger partial charge in [-0.1, -0.05) is 27.7 Å².